The van der Waals surface area contributed by atoms with Crippen LogP contribution >= 0.6 is 0 Å². The Morgan fingerprint density at radius 1 is 1.04 bits per heavy atom. The summed E-state index contributed by atoms with van der Waals surface area (Å²) in [5.41, 5.74) is 2.76. The molecule has 4 heteroatoms. The fraction of sp³-hybridized carbons (Fsp3) is 0.263. The minimum atomic E-state index is -0.821. The minimum absolute atomic E-state index is 0.256. The van der Waals surface area contributed by atoms with E-state index in [-0.39, 0.29) is 18.3 Å². The topological polar surface area (TPSA) is 55.4 Å². The monoisotopic (exact) mass is 311 g/mol. The van der Waals surface area contributed by atoms with Crippen LogP contribution in [0, 0.1) is 6.92 Å². The van der Waals surface area contributed by atoms with Gasteiger partial charge < -0.3 is 10.1 Å². The number of benzene rings is 2. The molecule has 0 saturated carbocycles. The molecule has 0 unspecified atom stereocenters. The molecule has 2 rings (SSSR count). The summed E-state index contributed by atoms with van der Waals surface area (Å²) in [7, 11) is 0. The quantitative estimate of drug-likeness (QED) is 0.831. The third-order valence-corrected chi connectivity index (χ3v) is 3.54. The van der Waals surface area contributed by atoms with Crippen LogP contribution < -0.4 is 5.32 Å². The van der Waals surface area contributed by atoms with Crippen molar-refractivity contribution in [3.8, 4) is 0 Å². The smallest absolute Gasteiger partial charge is 0.306 e. The Morgan fingerprint density at radius 3 is 2.39 bits per heavy atom. The summed E-state index contributed by atoms with van der Waals surface area (Å²) >= 11 is 0. The van der Waals surface area contributed by atoms with Crippen LogP contribution in [0.3, 0.4) is 0 Å². The van der Waals surface area contributed by atoms with Crippen molar-refractivity contribution < 1.29 is 14.3 Å². The molecule has 0 saturated heterocycles. The molecule has 1 atom stereocenters. The van der Waals surface area contributed by atoms with Gasteiger partial charge in [-0.3, -0.25) is 9.59 Å². The van der Waals surface area contributed by atoms with Gasteiger partial charge in [0.05, 0.1) is 0 Å². The summed E-state index contributed by atoms with van der Waals surface area (Å²) in [5.74, 6) is -0.700. The summed E-state index contributed by atoms with van der Waals surface area (Å²) in [5, 5.41) is 2.77. The number of para-hydroxylation sites is 1. The van der Waals surface area contributed by atoms with Gasteiger partial charge in [-0.2, -0.15) is 0 Å². The Labute approximate surface area is 136 Å². The molecule has 0 aliphatic carbocycles. The highest BCUT2D eigenvalue weighted by Crippen LogP contribution is 2.14. The van der Waals surface area contributed by atoms with E-state index >= 15 is 0 Å². The Bertz CT molecular complexity index is 667. The van der Waals surface area contributed by atoms with Crippen LogP contribution in [0.25, 0.3) is 0 Å². The van der Waals surface area contributed by atoms with E-state index in [1.165, 1.54) is 0 Å². The lowest BCUT2D eigenvalue weighted by molar-refractivity contribution is -0.153. The lowest BCUT2D eigenvalue weighted by Gasteiger charge is -2.14. The van der Waals surface area contributed by atoms with E-state index < -0.39 is 6.10 Å². The molecule has 0 spiro atoms. The maximum Gasteiger partial charge on any atom is 0.306 e. The molecule has 0 aromatic heterocycles. The first kappa shape index (κ1) is 16.7. The van der Waals surface area contributed by atoms with Gasteiger partial charge in [0.15, 0.2) is 6.10 Å². The van der Waals surface area contributed by atoms with Crippen molar-refractivity contribution in [2.45, 2.75) is 32.8 Å². The summed E-state index contributed by atoms with van der Waals surface area (Å²) in [6, 6.07) is 17.2. The Hall–Kier alpha value is -2.62. The van der Waals surface area contributed by atoms with Crippen molar-refractivity contribution in [1.82, 2.24) is 0 Å². The van der Waals surface area contributed by atoms with Crippen molar-refractivity contribution in [3.05, 3.63) is 65.7 Å². The second-order valence-corrected chi connectivity index (χ2v) is 5.42. The number of hydrogen-bond acceptors (Lipinski definition) is 3. The second kappa shape index (κ2) is 8.13. The maximum absolute atomic E-state index is 12.1. The van der Waals surface area contributed by atoms with E-state index in [2.05, 4.69) is 5.32 Å². The predicted molar refractivity (Wildman–Crippen MR) is 90.1 cm³/mol. The highest BCUT2D eigenvalue weighted by atomic mass is 16.5. The highest BCUT2D eigenvalue weighted by molar-refractivity contribution is 5.95. The molecule has 0 aliphatic heterocycles. The van der Waals surface area contributed by atoms with Crippen LogP contribution in [-0.4, -0.2) is 18.0 Å². The van der Waals surface area contributed by atoms with Crippen LogP contribution in [-0.2, 0) is 20.7 Å². The van der Waals surface area contributed by atoms with Crippen LogP contribution in [0.5, 0.6) is 0 Å². The molecule has 1 N–H and O–H groups in total. The van der Waals surface area contributed by atoms with Crippen LogP contribution in [0.1, 0.15) is 24.5 Å². The number of nitrogens with one attached hydrogen (secondary N) is 1. The fourth-order valence-electron chi connectivity index (χ4n) is 2.15. The molecular formula is C19H21NO3. The number of amides is 1. The normalized spacial score (nSPS) is 11.6. The van der Waals surface area contributed by atoms with Crippen LogP contribution in [0.15, 0.2) is 54.6 Å². The molecule has 0 bridgehead atoms. The molecule has 23 heavy (non-hydrogen) atoms. The third kappa shape index (κ3) is 5.25. The zero-order valence-corrected chi connectivity index (χ0v) is 13.4. The third-order valence-electron chi connectivity index (χ3n) is 3.54. The lowest BCUT2D eigenvalue weighted by Crippen LogP contribution is -2.30. The van der Waals surface area contributed by atoms with Gasteiger partial charge in [-0.05, 0) is 37.5 Å². The summed E-state index contributed by atoms with van der Waals surface area (Å²) in [6.45, 7) is 3.49. The van der Waals surface area contributed by atoms with Gasteiger partial charge in [-0.15, -0.1) is 0 Å². The van der Waals surface area contributed by atoms with Gasteiger partial charge >= 0.3 is 5.97 Å². The number of anilines is 1. The van der Waals surface area contributed by atoms with Gasteiger partial charge in [-0.1, -0.05) is 48.5 Å². The molecule has 1 amide bonds. The number of carbonyl (C=O) groups excluding carboxylic acids is 2. The molecule has 4 nitrogen and oxygen atoms in total. The predicted octanol–water partition coefficient (Wildman–Crippen LogP) is 3.50. The van der Waals surface area contributed by atoms with Crippen LogP contribution in [0.2, 0.25) is 0 Å². The average Bonchev–Trinajstić information content (AvgIpc) is 2.56. The number of esters is 1. The van der Waals surface area contributed by atoms with E-state index in [0.29, 0.717) is 6.42 Å². The zero-order valence-electron chi connectivity index (χ0n) is 13.4. The SMILES string of the molecule is Cc1ccccc1NC(=O)[C@H](C)OC(=O)CCc1ccccc1. The number of rotatable bonds is 6. The molecule has 2 aromatic rings. The van der Waals surface area contributed by atoms with E-state index in [1.54, 1.807) is 6.92 Å². The van der Waals surface area contributed by atoms with Crippen molar-refractivity contribution in [3.63, 3.8) is 0 Å². The van der Waals surface area contributed by atoms with Gasteiger partial charge in [0.25, 0.3) is 5.91 Å². The van der Waals surface area contributed by atoms with E-state index in [9.17, 15) is 9.59 Å². The lowest BCUT2D eigenvalue weighted by atomic mass is 10.1. The van der Waals surface area contributed by atoms with Crippen molar-refractivity contribution in [2.24, 2.45) is 0 Å². The largest absolute Gasteiger partial charge is 0.453 e. The maximum atomic E-state index is 12.1. The van der Waals surface area contributed by atoms with Gasteiger partial charge in [-0.25, -0.2) is 0 Å². The summed E-state index contributed by atoms with van der Waals surface area (Å²) in [4.78, 5) is 23.9. The zero-order chi connectivity index (χ0) is 16.7. The van der Waals surface area contributed by atoms with Gasteiger partial charge in [0, 0.05) is 12.1 Å². The second-order valence-electron chi connectivity index (χ2n) is 5.42. The molecule has 0 fully saturated rings. The van der Waals surface area contributed by atoms with Crippen molar-refractivity contribution in [1.29, 1.82) is 0 Å². The molecule has 120 valence electrons. The molecule has 0 aliphatic rings. The highest BCUT2D eigenvalue weighted by Gasteiger charge is 2.18. The standard InChI is InChI=1S/C19H21NO3/c1-14-8-6-7-11-17(14)20-19(22)15(2)23-18(21)13-12-16-9-4-3-5-10-16/h3-11,15H,12-13H2,1-2H3,(H,20,22)/t15-/m0/s1. The van der Waals surface area contributed by atoms with Crippen LogP contribution in [0.4, 0.5) is 5.69 Å². The van der Waals surface area contributed by atoms with Gasteiger partial charge in [0.2, 0.25) is 0 Å². The first-order chi connectivity index (χ1) is 11.1. The number of ether oxygens (including phenoxy) is 1. The Kier molecular flexibility index (Phi) is 5.92. The van der Waals surface area contributed by atoms with E-state index in [4.69, 9.17) is 4.74 Å². The Balaban J connectivity index is 1.81. The van der Waals surface area contributed by atoms with Crippen molar-refractivity contribution >= 4 is 17.6 Å². The molecule has 2 aromatic carbocycles. The first-order valence-corrected chi connectivity index (χ1v) is 7.66. The van der Waals surface area contributed by atoms with Gasteiger partial charge in [0.1, 0.15) is 0 Å². The molecular weight excluding hydrogens is 290 g/mol. The average molecular weight is 311 g/mol. The summed E-state index contributed by atoms with van der Waals surface area (Å²) < 4.78 is 5.19. The molecule has 0 heterocycles. The first-order valence-electron chi connectivity index (χ1n) is 7.66. The Morgan fingerprint density at radius 2 is 1.70 bits per heavy atom. The summed E-state index contributed by atoms with van der Waals surface area (Å²) in [6.07, 6.45) is 0.0375. The fourth-order valence-corrected chi connectivity index (χ4v) is 2.15. The number of carbonyl (C=O) groups is 2. The number of hydrogen-bond donors (Lipinski definition) is 1. The van der Waals surface area contributed by atoms with E-state index in [0.717, 1.165) is 16.8 Å². The van der Waals surface area contributed by atoms with E-state index in [1.807, 2.05) is 61.5 Å². The van der Waals surface area contributed by atoms with Crippen molar-refractivity contribution in [2.75, 3.05) is 5.32 Å². The number of aryl methyl sites for hydroxylation is 2. The minimum Gasteiger partial charge on any atom is -0.453 e. The molecule has 0 radical (unpaired) electrons.